The van der Waals surface area contributed by atoms with Crippen LogP contribution in [0.4, 0.5) is 4.39 Å². The van der Waals surface area contributed by atoms with Crippen LogP contribution in [0, 0.1) is 12.7 Å². The second kappa shape index (κ2) is 7.03. The Morgan fingerprint density at radius 1 is 1.29 bits per heavy atom. The number of H-pyrrole nitrogens is 1. The van der Waals surface area contributed by atoms with E-state index in [4.69, 9.17) is 0 Å². The standard InChI is InChI=1S/C20H21FN4O3/c1-11-8-14(15-16(23-11)25(4)19(28)24-18(15)27)17(26)22-10-20(2,3)12-6-5-7-13(21)9-12/h5-9H,10H2,1-4H3,(H,22,26)(H,24,27,28). The minimum absolute atomic E-state index is 0.0498. The lowest BCUT2D eigenvalue weighted by atomic mass is 9.84. The van der Waals surface area contributed by atoms with Crippen molar-refractivity contribution in [3.8, 4) is 0 Å². The monoisotopic (exact) mass is 384 g/mol. The fourth-order valence-electron chi connectivity index (χ4n) is 3.05. The molecule has 2 N–H and O–H groups in total. The summed E-state index contributed by atoms with van der Waals surface area (Å²) in [6.45, 7) is 5.67. The van der Waals surface area contributed by atoms with Gasteiger partial charge in [0.25, 0.3) is 11.5 Å². The molecule has 3 rings (SSSR count). The normalized spacial score (nSPS) is 11.6. The minimum atomic E-state index is -0.667. The molecule has 146 valence electrons. The summed E-state index contributed by atoms with van der Waals surface area (Å²) in [4.78, 5) is 43.4. The van der Waals surface area contributed by atoms with Gasteiger partial charge in [-0.15, -0.1) is 0 Å². The van der Waals surface area contributed by atoms with E-state index in [0.29, 0.717) is 5.69 Å². The predicted octanol–water partition coefficient (Wildman–Crippen LogP) is 1.78. The number of aryl methyl sites for hydroxylation is 2. The number of carbonyl (C=O) groups is 1. The number of pyridine rings is 1. The first kappa shape index (κ1) is 19.5. The van der Waals surface area contributed by atoms with E-state index in [1.165, 1.54) is 29.8 Å². The molecule has 0 spiro atoms. The van der Waals surface area contributed by atoms with E-state index in [1.54, 1.807) is 19.1 Å². The van der Waals surface area contributed by atoms with Crippen molar-refractivity contribution in [2.45, 2.75) is 26.2 Å². The summed E-state index contributed by atoms with van der Waals surface area (Å²) in [6, 6.07) is 7.71. The lowest BCUT2D eigenvalue weighted by Crippen LogP contribution is -2.38. The molecule has 0 radical (unpaired) electrons. The Bertz CT molecular complexity index is 1190. The van der Waals surface area contributed by atoms with Crippen molar-refractivity contribution in [2.75, 3.05) is 6.54 Å². The van der Waals surface area contributed by atoms with Crippen LogP contribution in [0.3, 0.4) is 0 Å². The second-order valence-corrected chi connectivity index (χ2v) is 7.41. The van der Waals surface area contributed by atoms with Crippen molar-refractivity contribution in [1.82, 2.24) is 19.9 Å². The number of aromatic amines is 1. The van der Waals surface area contributed by atoms with Gasteiger partial charge in [0.05, 0.1) is 10.9 Å². The molecule has 0 fully saturated rings. The first-order valence-corrected chi connectivity index (χ1v) is 8.75. The molecule has 1 amide bonds. The van der Waals surface area contributed by atoms with E-state index in [0.717, 1.165) is 5.56 Å². The zero-order chi connectivity index (χ0) is 20.6. The molecule has 3 aromatic rings. The lowest BCUT2D eigenvalue weighted by Gasteiger charge is -2.26. The van der Waals surface area contributed by atoms with Crippen molar-refractivity contribution in [3.63, 3.8) is 0 Å². The van der Waals surface area contributed by atoms with Crippen molar-refractivity contribution in [3.05, 3.63) is 73.8 Å². The van der Waals surface area contributed by atoms with Gasteiger partial charge in [-0.05, 0) is 30.7 Å². The Kier molecular flexibility index (Phi) is 4.89. The van der Waals surface area contributed by atoms with E-state index < -0.39 is 22.6 Å². The van der Waals surface area contributed by atoms with E-state index in [9.17, 15) is 18.8 Å². The van der Waals surface area contributed by atoms with Crippen molar-refractivity contribution in [1.29, 1.82) is 0 Å². The van der Waals surface area contributed by atoms with Gasteiger partial charge >= 0.3 is 5.69 Å². The number of amides is 1. The Morgan fingerprint density at radius 2 is 2.00 bits per heavy atom. The van der Waals surface area contributed by atoms with Crippen molar-refractivity contribution < 1.29 is 9.18 Å². The number of fused-ring (bicyclic) bond motifs is 1. The average molecular weight is 384 g/mol. The number of halogens is 1. The van der Waals surface area contributed by atoms with E-state index in [1.807, 2.05) is 13.8 Å². The quantitative estimate of drug-likeness (QED) is 0.717. The number of hydrogen-bond acceptors (Lipinski definition) is 4. The molecule has 2 heterocycles. The van der Waals surface area contributed by atoms with Gasteiger partial charge in [0.15, 0.2) is 0 Å². The number of nitrogens with zero attached hydrogens (tertiary/aromatic N) is 2. The smallest absolute Gasteiger partial charge is 0.329 e. The molecule has 8 heteroatoms. The first-order chi connectivity index (χ1) is 13.1. The average Bonchev–Trinajstić information content (AvgIpc) is 2.63. The number of carbonyl (C=O) groups excluding carboxylic acids is 1. The van der Waals surface area contributed by atoms with Gasteiger partial charge in [0.2, 0.25) is 0 Å². The van der Waals surface area contributed by atoms with Crippen molar-refractivity contribution in [2.24, 2.45) is 7.05 Å². The van der Waals surface area contributed by atoms with Gasteiger partial charge in [0, 0.05) is 24.7 Å². The second-order valence-electron chi connectivity index (χ2n) is 7.41. The van der Waals surface area contributed by atoms with Gasteiger partial charge in [-0.3, -0.25) is 19.1 Å². The van der Waals surface area contributed by atoms with Gasteiger partial charge in [-0.2, -0.15) is 0 Å². The van der Waals surface area contributed by atoms with Gasteiger partial charge in [0.1, 0.15) is 11.5 Å². The van der Waals surface area contributed by atoms with Gasteiger partial charge in [-0.25, -0.2) is 14.2 Å². The molecule has 0 aliphatic rings. The molecule has 0 saturated heterocycles. The van der Waals surface area contributed by atoms with Crippen LogP contribution >= 0.6 is 0 Å². The summed E-state index contributed by atoms with van der Waals surface area (Å²) in [5.41, 5.74) is -0.284. The van der Waals surface area contributed by atoms with Gasteiger partial charge in [-0.1, -0.05) is 26.0 Å². The molecule has 2 aromatic heterocycles. The zero-order valence-corrected chi connectivity index (χ0v) is 16.1. The molecule has 0 aliphatic heterocycles. The first-order valence-electron chi connectivity index (χ1n) is 8.75. The molecule has 0 aliphatic carbocycles. The highest BCUT2D eigenvalue weighted by Crippen LogP contribution is 2.23. The summed E-state index contributed by atoms with van der Waals surface area (Å²) in [7, 11) is 1.47. The largest absolute Gasteiger partial charge is 0.351 e. The Labute approximate surface area is 160 Å². The van der Waals surface area contributed by atoms with Crippen LogP contribution in [-0.2, 0) is 12.5 Å². The van der Waals surface area contributed by atoms with E-state index in [-0.39, 0.29) is 29.0 Å². The number of benzene rings is 1. The van der Waals surface area contributed by atoms with Crippen LogP contribution in [-0.4, -0.2) is 27.0 Å². The molecular weight excluding hydrogens is 363 g/mol. The molecule has 0 bridgehead atoms. The van der Waals surface area contributed by atoms with Crippen LogP contribution in [0.25, 0.3) is 11.0 Å². The third kappa shape index (κ3) is 3.58. The Balaban J connectivity index is 1.97. The fraction of sp³-hybridized carbons (Fsp3) is 0.300. The Morgan fingerprint density at radius 3 is 2.68 bits per heavy atom. The molecule has 7 nitrogen and oxygen atoms in total. The van der Waals surface area contributed by atoms with Crippen LogP contribution in [0.5, 0.6) is 0 Å². The molecule has 0 atom stereocenters. The fourth-order valence-corrected chi connectivity index (χ4v) is 3.05. The summed E-state index contributed by atoms with van der Waals surface area (Å²) < 4.78 is 14.7. The van der Waals surface area contributed by atoms with Crippen LogP contribution in [0.15, 0.2) is 39.9 Å². The summed E-state index contributed by atoms with van der Waals surface area (Å²) in [5, 5.41) is 2.86. The molecule has 28 heavy (non-hydrogen) atoms. The number of rotatable bonds is 4. The third-order valence-corrected chi connectivity index (χ3v) is 4.74. The number of aromatic nitrogens is 3. The van der Waals surface area contributed by atoms with Crippen LogP contribution in [0.2, 0.25) is 0 Å². The Hall–Kier alpha value is -3.29. The van der Waals surface area contributed by atoms with Crippen molar-refractivity contribution >= 4 is 16.9 Å². The topological polar surface area (TPSA) is 96.9 Å². The SMILES string of the molecule is Cc1cc(C(=O)NCC(C)(C)c2cccc(F)c2)c2c(=O)[nH]c(=O)n(C)c2n1. The van der Waals surface area contributed by atoms with E-state index >= 15 is 0 Å². The van der Waals surface area contributed by atoms with Gasteiger partial charge < -0.3 is 5.32 Å². The maximum Gasteiger partial charge on any atom is 0.329 e. The zero-order valence-electron chi connectivity index (χ0n) is 16.1. The van der Waals surface area contributed by atoms with E-state index in [2.05, 4.69) is 15.3 Å². The number of nitrogens with one attached hydrogen (secondary N) is 2. The molecular formula is C20H21FN4O3. The lowest BCUT2D eigenvalue weighted by molar-refractivity contribution is 0.0947. The molecule has 1 aromatic carbocycles. The summed E-state index contributed by atoms with van der Waals surface area (Å²) in [6.07, 6.45) is 0. The van der Waals surface area contributed by atoms with Crippen LogP contribution < -0.4 is 16.6 Å². The third-order valence-electron chi connectivity index (χ3n) is 4.74. The minimum Gasteiger partial charge on any atom is -0.351 e. The maximum absolute atomic E-state index is 13.5. The maximum atomic E-state index is 13.5. The highest BCUT2D eigenvalue weighted by molar-refractivity contribution is 6.05. The molecule has 0 unspecified atom stereocenters. The van der Waals surface area contributed by atoms with Crippen LogP contribution in [0.1, 0.15) is 35.5 Å². The predicted molar refractivity (Wildman–Crippen MR) is 104 cm³/mol. The summed E-state index contributed by atoms with van der Waals surface area (Å²) in [5.74, 6) is -0.816. The number of hydrogen-bond donors (Lipinski definition) is 2. The highest BCUT2D eigenvalue weighted by Gasteiger charge is 2.24. The summed E-state index contributed by atoms with van der Waals surface area (Å²) >= 11 is 0. The highest BCUT2D eigenvalue weighted by atomic mass is 19.1. The molecule has 0 saturated carbocycles.